The van der Waals surface area contributed by atoms with Crippen molar-refractivity contribution in [2.45, 2.75) is 16.8 Å². The molecule has 2 aromatic carbocycles. The summed E-state index contributed by atoms with van der Waals surface area (Å²) in [7, 11) is 1.29. The average Bonchev–Trinajstić information content (AvgIpc) is 3.09. The van der Waals surface area contributed by atoms with Gasteiger partial charge in [-0.15, -0.1) is 0 Å². The first-order chi connectivity index (χ1) is 13.4. The van der Waals surface area contributed by atoms with E-state index in [9.17, 15) is 19.7 Å². The van der Waals surface area contributed by atoms with Gasteiger partial charge in [0.05, 0.1) is 23.1 Å². The van der Waals surface area contributed by atoms with Crippen molar-refractivity contribution in [3.8, 4) is 0 Å². The van der Waals surface area contributed by atoms with E-state index < -0.39 is 22.0 Å². The summed E-state index contributed by atoms with van der Waals surface area (Å²) in [4.78, 5) is 41.5. The van der Waals surface area contributed by atoms with E-state index in [2.05, 4.69) is 9.97 Å². The van der Waals surface area contributed by atoms with Crippen LogP contribution < -0.4 is 5.73 Å². The number of aromatic nitrogens is 2. The number of esters is 1. The van der Waals surface area contributed by atoms with E-state index in [0.29, 0.717) is 16.2 Å². The van der Waals surface area contributed by atoms with Crippen LogP contribution in [0.1, 0.15) is 15.9 Å². The quantitative estimate of drug-likeness (QED) is 0.268. The molecule has 0 fully saturated rings. The third kappa shape index (κ3) is 4.12. The van der Waals surface area contributed by atoms with Gasteiger partial charge in [-0.2, -0.15) is 0 Å². The topological polar surface area (TPSA) is 141 Å². The number of nitrogens with two attached hydrogens (primary N) is 1. The van der Waals surface area contributed by atoms with Crippen molar-refractivity contribution in [1.82, 2.24) is 9.97 Å². The largest absolute Gasteiger partial charge is 0.468 e. The molecule has 1 amide bonds. The van der Waals surface area contributed by atoms with Crippen molar-refractivity contribution in [2.75, 3.05) is 7.11 Å². The Morgan fingerprint density at radius 3 is 2.61 bits per heavy atom. The maximum Gasteiger partial charge on any atom is 0.319 e. The molecule has 1 unspecified atom stereocenters. The number of methoxy groups -OCH3 is 1. The first-order valence-corrected chi connectivity index (χ1v) is 9.03. The summed E-state index contributed by atoms with van der Waals surface area (Å²) in [6.07, 6.45) is 0.287. The number of rotatable bonds is 7. The predicted octanol–water partition coefficient (Wildman–Crippen LogP) is 2.45. The molecule has 3 aromatic rings. The molecule has 0 saturated heterocycles. The summed E-state index contributed by atoms with van der Waals surface area (Å²) in [6.45, 7) is 0. The van der Waals surface area contributed by atoms with Gasteiger partial charge in [0.25, 0.3) is 11.6 Å². The Labute approximate surface area is 163 Å². The number of thioether (sulfide) groups is 1. The number of imidazole rings is 1. The van der Waals surface area contributed by atoms with Crippen LogP contribution in [0.15, 0.2) is 47.6 Å². The molecule has 1 atom stereocenters. The van der Waals surface area contributed by atoms with E-state index in [0.717, 1.165) is 17.3 Å². The van der Waals surface area contributed by atoms with Crippen molar-refractivity contribution >= 4 is 40.4 Å². The summed E-state index contributed by atoms with van der Waals surface area (Å²) in [6, 6.07) is 11.0. The van der Waals surface area contributed by atoms with Crippen molar-refractivity contribution in [2.24, 2.45) is 5.73 Å². The van der Waals surface area contributed by atoms with Crippen molar-refractivity contribution in [3.63, 3.8) is 0 Å². The number of aromatic amines is 1. The molecule has 0 aliphatic carbocycles. The summed E-state index contributed by atoms with van der Waals surface area (Å²) in [5, 5.41) is 10.6. The Kier molecular flexibility index (Phi) is 5.59. The molecule has 28 heavy (non-hydrogen) atoms. The number of nitro benzene ring substituents is 1. The van der Waals surface area contributed by atoms with Crippen LogP contribution in [0.3, 0.4) is 0 Å². The highest BCUT2D eigenvalue weighted by Crippen LogP contribution is 2.28. The van der Waals surface area contributed by atoms with Gasteiger partial charge in [-0.25, -0.2) is 4.98 Å². The Morgan fingerprint density at radius 2 is 2.00 bits per heavy atom. The number of nitrogens with zero attached hydrogens (tertiary/aromatic N) is 2. The Balaban J connectivity index is 1.86. The van der Waals surface area contributed by atoms with Crippen LogP contribution in [0.5, 0.6) is 0 Å². The second kappa shape index (κ2) is 8.09. The van der Waals surface area contributed by atoms with Crippen molar-refractivity contribution in [1.29, 1.82) is 0 Å². The average molecular weight is 400 g/mol. The van der Waals surface area contributed by atoms with Crippen LogP contribution in [-0.4, -0.2) is 39.1 Å². The number of nitro groups is 1. The molecule has 0 radical (unpaired) electrons. The van der Waals surface area contributed by atoms with E-state index in [1.807, 2.05) is 0 Å². The second-order valence-corrected chi connectivity index (χ2v) is 7.06. The van der Waals surface area contributed by atoms with Crippen LogP contribution in [0.25, 0.3) is 11.0 Å². The zero-order chi connectivity index (χ0) is 20.3. The summed E-state index contributed by atoms with van der Waals surface area (Å²) in [5.41, 5.74) is 7.42. The van der Waals surface area contributed by atoms with E-state index in [1.165, 1.54) is 19.2 Å². The third-order valence-electron chi connectivity index (χ3n) is 4.04. The Morgan fingerprint density at radius 1 is 1.29 bits per heavy atom. The maximum absolute atomic E-state index is 12.2. The fourth-order valence-corrected chi connectivity index (χ4v) is 3.72. The van der Waals surface area contributed by atoms with Gasteiger partial charge in [0, 0.05) is 12.1 Å². The molecule has 0 aliphatic rings. The second-order valence-electron chi connectivity index (χ2n) is 5.87. The van der Waals surface area contributed by atoms with Crippen molar-refractivity contribution < 1.29 is 19.2 Å². The SMILES string of the molecule is COC(=O)C(Cc1ccc([N+](=O)[O-])cc1)Sc1nc2c(C(N)=O)cccc2[nH]1. The van der Waals surface area contributed by atoms with Crippen LogP contribution in [0.4, 0.5) is 5.69 Å². The normalized spacial score (nSPS) is 11.9. The molecule has 0 bridgehead atoms. The minimum atomic E-state index is -0.635. The summed E-state index contributed by atoms with van der Waals surface area (Å²) in [5.74, 6) is -1.05. The van der Waals surface area contributed by atoms with Gasteiger partial charge >= 0.3 is 5.97 Å². The fourth-order valence-electron chi connectivity index (χ4n) is 2.67. The van der Waals surface area contributed by atoms with Gasteiger partial charge in [-0.05, 0) is 24.1 Å². The first-order valence-electron chi connectivity index (χ1n) is 8.15. The molecule has 3 rings (SSSR count). The number of para-hydroxylation sites is 1. The number of primary amides is 1. The molecule has 0 aliphatic heterocycles. The van der Waals surface area contributed by atoms with Crippen LogP contribution in [-0.2, 0) is 16.0 Å². The number of carbonyl (C=O) groups excluding carboxylic acids is 2. The molecular weight excluding hydrogens is 384 g/mol. The molecule has 1 aromatic heterocycles. The maximum atomic E-state index is 12.2. The molecule has 144 valence electrons. The third-order valence-corrected chi connectivity index (χ3v) is 5.10. The fraction of sp³-hybridized carbons (Fsp3) is 0.167. The van der Waals surface area contributed by atoms with Gasteiger partial charge in [0.15, 0.2) is 5.16 Å². The van der Waals surface area contributed by atoms with E-state index in [-0.39, 0.29) is 17.7 Å². The summed E-state index contributed by atoms with van der Waals surface area (Å²) < 4.78 is 4.87. The molecule has 10 heteroatoms. The molecular formula is C18H16N4O5S. The van der Waals surface area contributed by atoms with Crippen molar-refractivity contribution in [3.05, 3.63) is 63.7 Å². The highest BCUT2D eigenvalue weighted by molar-refractivity contribution is 8.00. The van der Waals surface area contributed by atoms with E-state index in [1.54, 1.807) is 30.3 Å². The number of hydrogen-bond acceptors (Lipinski definition) is 7. The smallest absolute Gasteiger partial charge is 0.319 e. The lowest BCUT2D eigenvalue weighted by atomic mass is 10.1. The number of nitrogens with one attached hydrogen (secondary N) is 1. The van der Waals surface area contributed by atoms with Crippen LogP contribution in [0.2, 0.25) is 0 Å². The van der Waals surface area contributed by atoms with Crippen LogP contribution in [0, 0.1) is 10.1 Å². The highest BCUT2D eigenvalue weighted by Gasteiger charge is 2.24. The predicted molar refractivity (Wildman–Crippen MR) is 103 cm³/mol. The number of benzene rings is 2. The minimum Gasteiger partial charge on any atom is -0.468 e. The lowest BCUT2D eigenvalue weighted by Gasteiger charge is -2.12. The number of carbonyl (C=O) groups is 2. The number of fused-ring (bicyclic) bond motifs is 1. The number of H-pyrrole nitrogens is 1. The number of non-ortho nitro benzene ring substituents is 1. The van der Waals surface area contributed by atoms with Gasteiger partial charge in [-0.1, -0.05) is 30.0 Å². The standard InChI is InChI=1S/C18H16N4O5S/c1-27-17(24)14(9-10-5-7-11(8-6-10)22(25)26)28-18-20-13-4-2-3-12(16(19)23)15(13)21-18/h2-8,14H,9H2,1H3,(H2,19,23)(H,20,21). The molecule has 0 saturated carbocycles. The Hall–Kier alpha value is -3.40. The number of ether oxygens (including phenoxy) is 1. The Bertz CT molecular complexity index is 1050. The molecule has 1 heterocycles. The van der Waals surface area contributed by atoms with E-state index in [4.69, 9.17) is 10.5 Å². The lowest BCUT2D eigenvalue weighted by Crippen LogP contribution is -2.21. The van der Waals surface area contributed by atoms with Crippen LogP contribution >= 0.6 is 11.8 Å². The number of hydrogen-bond donors (Lipinski definition) is 2. The number of amides is 1. The zero-order valence-corrected chi connectivity index (χ0v) is 15.6. The molecule has 9 nitrogen and oxygen atoms in total. The summed E-state index contributed by atoms with van der Waals surface area (Å²) >= 11 is 1.15. The van der Waals surface area contributed by atoms with Gasteiger partial charge in [0.1, 0.15) is 10.8 Å². The minimum absolute atomic E-state index is 0.0257. The lowest BCUT2D eigenvalue weighted by molar-refractivity contribution is -0.384. The molecule has 3 N–H and O–H groups in total. The van der Waals surface area contributed by atoms with Gasteiger partial charge < -0.3 is 15.5 Å². The first kappa shape index (κ1) is 19.4. The monoisotopic (exact) mass is 400 g/mol. The van der Waals surface area contributed by atoms with E-state index >= 15 is 0 Å². The molecule has 0 spiro atoms. The zero-order valence-electron chi connectivity index (χ0n) is 14.7. The van der Waals surface area contributed by atoms with Gasteiger partial charge in [0.2, 0.25) is 0 Å². The highest BCUT2D eigenvalue weighted by atomic mass is 32.2. The van der Waals surface area contributed by atoms with Gasteiger partial charge in [-0.3, -0.25) is 19.7 Å².